The zero-order valence-corrected chi connectivity index (χ0v) is 22.8. The third kappa shape index (κ3) is 6.14. The average Bonchev–Trinajstić information content (AvgIpc) is 3.25. The van der Waals surface area contributed by atoms with Crippen LogP contribution in [0.25, 0.3) is 20.9 Å². The molecule has 4 rings (SSSR count). The van der Waals surface area contributed by atoms with Gasteiger partial charge in [0.2, 0.25) is 0 Å². The number of carbonyl (C=O) groups excluding carboxylic acids is 1. The SMILES string of the molecule is CCN(CC)CCCCN(Cc1ccc2ccccc2c1)C(=O)c1sc2c(F)ccc(C(F)(F)F)c2c1Cl. The lowest BCUT2D eigenvalue weighted by Crippen LogP contribution is -2.32. The van der Waals surface area contributed by atoms with Gasteiger partial charge in [0.25, 0.3) is 5.91 Å². The summed E-state index contributed by atoms with van der Waals surface area (Å²) in [5, 5.41) is 1.28. The summed E-state index contributed by atoms with van der Waals surface area (Å²) in [6.45, 7) is 7.59. The van der Waals surface area contributed by atoms with Crippen LogP contribution < -0.4 is 0 Å². The summed E-state index contributed by atoms with van der Waals surface area (Å²) in [6, 6.07) is 15.2. The molecule has 202 valence electrons. The zero-order valence-electron chi connectivity index (χ0n) is 21.2. The Kier molecular flexibility index (Phi) is 8.96. The van der Waals surface area contributed by atoms with Crippen LogP contribution in [-0.4, -0.2) is 41.9 Å². The van der Waals surface area contributed by atoms with Crippen LogP contribution in [0.3, 0.4) is 0 Å². The van der Waals surface area contributed by atoms with Gasteiger partial charge in [-0.15, -0.1) is 11.3 Å². The van der Waals surface area contributed by atoms with Crippen molar-refractivity contribution in [2.75, 3.05) is 26.2 Å². The number of benzene rings is 3. The molecule has 0 N–H and O–H groups in total. The first-order valence-corrected chi connectivity index (χ1v) is 13.8. The van der Waals surface area contributed by atoms with Crippen LogP contribution in [0.1, 0.15) is 47.5 Å². The van der Waals surface area contributed by atoms with Gasteiger partial charge in [-0.2, -0.15) is 13.2 Å². The highest BCUT2D eigenvalue weighted by atomic mass is 35.5. The summed E-state index contributed by atoms with van der Waals surface area (Å²) >= 11 is 7.07. The first-order valence-electron chi connectivity index (χ1n) is 12.6. The van der Waals surface area contributed by atoms with Gasteiger partial charge in [-0.1, -0.05) is 61.8 Å². The van der Waals surface area contributed by atoms with Crippen molar-refractivity contribution >= 4 is 49.7 Å². The van der Waals surface area contributed by atoms with Crippen molar-refractivity contribution < 1.29 is 22.4 Å². The quantitative estimate of drug-likeness (QED) is 0.142. The molecule has 1 amide bonds. The van der Waals surface area contributed by atoms with Gasteiger partial charge in [0.05, 0.1) is 15.3 Å². The number of halogens is 5. The molecule has 38 heavy (non-hydrogen) atoms. The molecule has 1 heterocycles. The van der Waals surface area contributed by atoms with Crippen molar-refractivity contribution in [3.8, 4) is 0 Å². The highest BCUT2D eigenvalue weighted by Gasteiger charge is 2.36. The molecule has 0 aliphatic rings. The molecule has 9 heteroatoms. The Morgan fingerprint density at radius 2 is 1.63 bits per heavy atom. The highest BCUT2D eigenvalue weighted by molar-refractivity contribution is 7.21. The third-order valence-electron chi connectivity index (χ3n) is 6.75. The molecule has 0 spiro atoms. The largest absolute Gasteiger partial charge is 0.417 e. The fourth-order valence-electron chi connectivity index (χ4n) is 4.64. The van der Waals surface area contributed by atoms with Gasteiger partial charge < -0.3 is 9.80 Å². The van der Waals surface area contributed by atoms with Crippen LogP contribution in [0.15, 0.2) is 54.6 Å². The highest BCUT2D eigenvalue weighted by Crippen LogP contribution is 2.44. The maximum atomic E-state index is 14.6. The molecule has 0 aliphatic heterocycles. The molecule has 1 aromatic heterocycles. The number of rotatable bonds is 10. The topological polar surface area (TPSA) is 23.6 Å². The lowest BCUT2D eigenvalue weighted by atomic mass is 10.1. The maximum Gasteiger partial charge on any atom is 0.417 e. The minimum atomic E-state index is -4.73. The fraction of sp³-hybridized carbons (Fsp3) is 0.345. The minimum absolute atomic E-state index is 0.0817. The molecule has 3 nitrogen and oxygen atoms in total. The van der Waals surface area contributed by atoms with Gasteiger partial charge in [0.15, 0.2) is 0 Å². The second-order valence-electron chi connectivity index (χ2n) is 9.18. The molecule has 3 aromatic carbocycles. The maximum absolute atomic E-state index is 14.6. The van der Waals surface area contributed by atoms with Crippen molar-refractivity contribution in [3.63, 3.8) is 0 Å². The van der Waals surface area contributed by atoms with Crippen molar-refractivity contribution in [1.82, 2.24) is 9.80 Å². The lowest BCUT2D eigenvalue weighted by molar-refractivity contribution is -0.136. The predicted molar refractivity (Wildman–Crippen MR) is 148 cm³/mol. The molecule has 0 saturated heterocycles. The molecular formula is C29H29ClF4N2OS. The van der Waals surface area contributed by atoms with E-state index in [2.05, 4.69) is 18.7 Å². The van der Waals surface area contributed by atoms with E-state index in [4.69, 9.17) is 11.6 Å². The monoisotopic (exact) mass is 564 g/mol. The second kappa shape index (κ2) is 12.0. The summed E-state index contributed by atoms with van der Waals surface area (Å²) in [5.74, 6) is -1.33. The zero-order chi connectivity index (χ0) is 27.4. The van der Waals surface area contributed by atoms with Gasteiger partial charge in [-0.05, 0) is 67.0 Å². The van der Waals surface area contributed by atoms with Crippen molar-refractivity contribution in [2.24, 2.45) is 0 Å². The number of alkyl halides is 3. The molecule has 0 bridgehead atoms. The first kappa shape index (κ1) is 28.3. The number of thiophene rings is 1. The van der Waals surface area contributed by atoms with E-state index in [9.17, 15) is 22.4 Å². The summed E-state index contributed by atoms with van der Waals surface area (Å²) in [6.07, 6.45) is -3.16. The van der Waals surface area contributed by atoms with E-state index in [0.29, 0.717) is 30.4 Å². The second-order valence-corrected chi connectivity index (χ2v) is 10.6. The van der Waals surface area contributed by atoms with Crippen LogP contribution in [0.2, 0.25) is 5.02 Å². The van der Waals surface area contributed by atoms with E-state index < -0.39 is 28.9 Å². The van der Waals surface area contributed by atoms with Crippen LogP contribution in [-0.2, 0) is 12.7 Å². The predicted octanol–water partition coefficient (Wildman–Crippen LogP) is 8.63. The summed E-state index contributed by atoms with van der Waals surface area (Å²) in [4.78, 5) is 17.6. The van der Waals surface area contributed by atoms with Gasteiger partial charge in [-0.3, -0.25) is 4.79 Å². The molecular weight excluding hydrogens is 536 g/mol. The fourth-order valence-corrected chi connectivity index (χ4v) is 6.18. The van der Waals surface area contributed by atoms with Crippen molar-refractivity contribution in [2.45, 2.75) is 39.4 Å². The van der Waals surface area contributed by atoms with Crippen LogP contribution >= 0.6 is 22.9 Å². The first-order chi connectivity index (χ1) is 18.1. The number of nitrogens with zero attached hydrogens (tertiary/aromatic N) is 2. The number of fused-ring (bicyclic) bond motifs is 2. The molecule has 4 aromatic rings. The Hall–Kier alpha value is -2.68. The van der Waals surface area contributed by atoms with Crippen LogP contribution in [0.5, 0.6) is 0 Å². The van der Waals surface area contributed by atoms with Gasteiger partial charge in [-0.25, -0.2) is 4.39 Å². The molecule has 0 aliphatic carbocycles. The number of carbonyl (C=O) groups is 1. The van der Waals surface area contributed by atoms with E-state index in [1.807, 2.05) is 42.5 Å². The number of hydrogen-bond acceptors (Lipinski definition) is 3. The Bertz CT molecular complexity index is 1430. The van der Waals surface area contributed by atoms with Gasteiger partial charge >= 0.3 is 6.18 Å². The molecule has 0 saturated carbocycles. The molecule has 0 radical (unpaired) electrons. The van der Waals surface area contributed by atoms with Gasteiger partial charge in [0.1, 0.15) is 10.7 Å². The number of hydrogen-bond donors (Lipinski definition) is 0. The van der Waals surface area contributed by atoms with E-state index in [-0.39, 0.29) is 21.1 Å². The molecule has 0 atom stereocenters. The van der Waals surface area contributed by atoms with E-state index in [0.717, 1.165) is 48.5 Å². The average molecular weight is 565 g/mol. The normalized spacial score (nSPS) is 12.1. The Morgan fingerprint density at radius 1 is 0.947 bits per heavy atom. The third-order valence-corrected chi connectivity index (χ3v) is 8.43. The van der Waals surface area contributed by atoms with E-state index >= 15 is 0 Å². The molecule has 0 fully saturated rings. The summed E-state index contributed by atoms with van der Waals surface area (Å²) < 4.78 is 55.3. The van der Waals surface area contributed by atoms with Crippen LogP contribution in [0.4, 0.5) is 17.6 Å². The van der Waals surface area contributed by atoms with Gasteiger partial charge in [0, 0.05) is 18.5 Å². The Balaban J connectivity index is 1.67. The molecule has 0 unspecified atom stereocenters. The summed E-state index contributed by atoms with van der Waals surface area (Å²) in [7, 11) is 0. The minimum Gasteiger partial charge on any atom is -0.334 e. The van der Waals surface area contributed by atoms with Crippen molar-refractivity contribution in [1.29, 1.82) is 0 Å². The standard InChI is InChI=1S/C29H29ClF4N2OS/c1-3-35(4-2)15-7-8-16-36(18-19-11-12-20-9-5-6-10-21(20)17-19)28(37)27-25(30)24-22(29(32,33)34)13-14-23(31)26(24)38-27/h5-6,9-14,17H,3-4,7-8,15-16,18H2,1-2H3. The Labute approximate surface area is 228 Å². The number of amides is 1. The smallest absolute Gasteiger partial charge is 0.334 e. The summed E-state index contributed by atoms with van der Waals surface area (Å²) in [5.41, 5.74) is -0.158. The van der Waals surface area contributed by atoms with Crippen LogP contribution in [0, 0.1) is 5.82 Å². The number of unbranched alkanes of at least 4 members (excludes halogenated alkanes) is 1. The lowest BCUT2D eigenvalue weighted by Gasteiger charge is -2.24. The van der Waals surface area contributed by atoms with Crippen molar-refractivity contribution in [3.05, 3.63) is 81.4 Å². The van der Waals surface area contributed by atoms with E-state index in [1.54, 1.807) is 4.90 Å². The van der Waals surface area contributed by atoms with E-state index in [1.165, 1.54) is 0 Å². The Morgan fingerprint density at radius 3 is 2.32 bits per heavy atom.